The molecule has 0 unspecified atom stereocenters. The number of aromatic nitrogens is 1. The number of nitrogens with zero attached hydrogens (tertiary/aromatic N) is 1. The summed E-state index contributed by atoms with van der Waals surface area (Å²) in [5, 5.41) is 0.827. The Morgan fingerprint density at radius 3 is 2.84 bits per heavy atom. The van der Waals surface area contributed by atoms with E-state index in [1.807, 2.05) is 6.92 Å². The molecule has 0 aliphatic heterocycles. The molecule has 0 atom stereocenters. The average molecular weight is 297 g/mol. The summed E-state index contributed by atoms with van der Waals surface area (Å²) in [6.45, 7) is 5.34. The van der Waals surface area contributed by atoms with Crippen molar-refractivity contribution in [3.63, 3.8) is 0 Å². The molecule has 0 fully saturated rings. The van der Waals surface area contributed by atoms with Crippen molar-refractivity contribution >= 4 is 32.5 Å². The normalized spacial score (nSPS) is 11.7. The number of sulfonamides is 1. The Bertz CT molecular complexity index is 741. The molecular formula is C13H13ClN2O2S. The van der Waals surface area contributed by atoms with Gasteiger partial charge in [0.1, 0.15) is 0 Å². The van der Waals surface area contributed by atoms with Gasteiger partial charge < -0.3 is 0 Å². The van der Waals surface area contributed by atoms with Gasteiger partial charge >= 0.3 is 0 Å². The van der Waals surface area contributed by atoms with Crippen LogP contribution in [0.2, 0.25) is 0 Å². The third-order valence-electron chi connectivity index (χ3n) is 2.67. The van der Waals surface area contributed by atoms with E-state index in [-0.39, 0.29) is 16.5 Å². The number of rotatable bonds is 4. The summed E-state index contributed by atoms with van der Waals surface area (Å²) in [4.78, 5) is 4.41. The minimum atomic E-state index is -3.63. The topological polar surface area (TPSA) is 59.1 Å². The van der Waals surface area contributed by atoms with Crippen LogP contribution in [0.1, 0.15) is 5.56 Å². The van der Waals surface area contributed by atoms with E-state index in [0.29, 0.717) is 10.9 Å². The number of fused-ring (bicyclic) bond motifs is 1. The molecule has 1 N–H and O–H groups in total. The van der Waals surface area contributed by atoms with Gasteiger partial charge in [-0.05, 0) is 30.7 Å². The first kappa shape index (κ1) is 14.0. The first-order valence-corrected chi connectivity index (χ1v) is 7.45. The second kappa shape index (κ2) is 5.28. The molecule has 0 aliphatic carbocycles. The van der Waals surface area contributed by atoms with E-state index in [1.165, 1.54) is 0 Å². The van der Waals surface area contributed by atoms with E-state index in [9.17, 15) is 8.42 Å². The molecule has 100 valence electrons. The highest BCUT2D eigenvalue weighted by Gasteiger charge is 2.18. The molecule has 1 aromatic heterocycles. The molecular weight excluding hydrogens is 284 g/mol. The molecule has 19 heavy (non-hydrogen) atoms. The van der Waals surface area contributed by atoms with Crippen LogP contribution in [0, 0.1) is 6.92 Å². The van der Waals surface area contributed by atoms with Crippen LogP contribution in [0.25, 0.3) is 10.9 Å². The monoisotopic (exact) mass is 296 g/mol. The Morgan fingerprint density at radius 1 is 1.42 bits per heavy atom. The van der Waals surface area contributed by atoms with Crippen LogP contribution >= 0.6 is 11.6 Å². The van der Waals surface area contributed by atoms with Crippen LogP contribution in [-0.4, -0.2) is 19.9 Å². The van der Waals surface area contributed by atoms with E-state index >= 15 is 0 Å². The highest BCUT2D eigenvalue weighted by atomic mass is 35.5. The van der Waals surface area contributed by atoms with Crippen molar-refractivity contribution in [1.82, 2.24) is 9.71 Å². The predicted molar refractivity (Wildman–Crippen MR) is 76.7 cm³/mol. The predicted octanol–water partition coefficient (Wildman–Crippen LogP) is 2.57. The van der Waals surface area contributed by atoms with Gasteiger partial charge in [0.15, 0.2) is 0 Å². The van der Waals surface area contributed by atoms with Crippen LogP contribution < -0.4 is 4.72 Å². The zero-order valence-corrected chi connectivity index (χ0v) is 11.9. The minimum absolute atomic E-state index is 0.000475. The molecule has 2 rings (SSSR count). The Morgan fingerprint density at radius 2 is 2.16 bits per heavy atom. The molecule has 2 aromatic rings. The third-order valence-corrected chi connectivity index (χ3v) is 4.27. The van der Waals surface area contributed by atoms with Crippen molar-refractivity contribution in [2.45, 2.75) is 11.8 Å². The fourth-order valence-electron chi connectivity index (χ4n) is 1.77. The van der Waals surface area contributed by atoms with E-state index in [2.05, 4.69) is 16.3 Å². The van der Waals surface area contributed by atoms with Gasteiger partial charge in [0.05, 0.1) is 10.4 Å². The number of hydrogen-bond acceptors (Lipinski definition) is 3. The minimum Gasteiger partial charge on any atom is -0.256 e. The zero-order valence-electron chi connectivity index (χ0n) is 10.4. The molecule has 0 aliphatic rings. The van der Waals surface area contributed by atoms with Crippen molar-refractivity contribution in [1.29, 1.82) is 0 Å². The fourth-order valence-corrected chi connectivity index (χ4v) is 3.14. The molecule has 1 heterocycles. The third kappa shape index (κ3) is 2.94. The van der Waals surface area contributed by atoms with Gasteiger partial charge in [-0.15, -0.1) is 0 Å². The van der Waals surface area contributed by atoms with Gasteiger partial charge in [0.25, 0.3) is 0 Å². The summed E-state index contributed by atoms with van der Waals surface area (Å²) >= 11 is 5.58. The van der Waals surface area contributed by atoms with E-state index in [0.717, 1.165) is 5.56 Å². The molecule has 4 nitrogen and oxygen atoms in total. The number of benzene rings is 1. The number of halogens is 1. The van der Waals surface area contributed by atoms with E-state index in [4.69, 9.17) is 11.6 Å². The number of aryl methyl sites for hydroxylation is 1. The summed E-state index contributed by atoms with van der Waals surface area (Å²) in [5.74, 6) is 0. The maximum Gasteiger partial charge on any atom is 0.241 e. The SMILES string of the molecule is C=C(Cl)CNS(=O)(=O)c1ccc(C)c2ncccc12. The Labute approximate surface area is 117 Å². The first-order valence-electron chi connectivity index (χ1n) is 5.59. The lowest BCUT2D eigenvalue weighted by Crippen LogP contribution is -2.25. The lowest BCUT2D eigenvalue weighted by atomic mass is 10.1. The van der Waals surface area contributed by atoms with Gasteiger partial charge in [-0.1, -0.05) is 24.2 Å². The second-order valence-corrected chi connectivity index (χ2v) is 6.39. The maximum atomic E-state index is 12.2. The molecule has 0 radical (unpaired) electrons. The standard InChI is InChI=1S/C13H13ClN2O2S/c1-9-5-6-12(11-4-3-7-15-13(9)11)19(17,18)16-8-10(2)14/h3-7,16H,2,8H2,1H3. The van der Waals surface area contributed by atoms with Crippen molar-refractivity contribution in [2.24, 2.45) is 0 Å². The summed E-state index contributed by atoms with van der Waals surface area (Å²) < 4.78 is 26.8. The summed E-state index contributed by atoms with van der Waals surface area (Å²) in [6.07, 6.45) is 1.64. The Balaban J connectivity index is 2.57. The Hall–Kier alpha value is -1.43. The first-order chi connectivity index (χ1) is 8.92. The largest absolute Gasteiger partial charge is 0.256 e. The maximum absolute atomic E-state index is 12.2. The van der Waals surface area contributed by atoms with Gasteiger partial charge in [-0.25, -0.2) is 13.1 Å². The fraction of sp³-hybridized carbons (Fsp3) is 0.154. The van der Waals surface area contributed by atoms with Crippen LogP contribution in [0.3, 0.4) is 0 Å². The number of hydrogen-bond donors (Lipinski definition) is 1. The number of nitrogens with one attached hydrogen (secondary N) is 1. The smallest absolute Gasteiger partial charge is 0.241 e. The van der Waals surface area contributed by atoms with Gasteiger partial charge in [-0.3, -0.25) is 4.98 Å². The highest BCUT2D eigenvalue weighted by molar-refractivity contribution is 7.89. The quantitative estimate of drug-likeness (QED) is 0.943. The Kier molecular flexibility index (Phi) is 3.89. The van der Waals surface area contributed by atoms with Crippen LogP contribution in [0.15, 0.2) is 47.0 Å². The van der Waals surface area contributed by atoms with Crippen molar-refractivity contribution in [2.75, 3.05) is 6.54 Å². The van der Waals surface area contributed by atoms with Crippen LogP contribution in [0.5, 0.6) is 0 Å². The van der Waals surface area contributed by atoms with Crippen LogP contribution in [0.4, 0.5) is 0 Å². The lowest BCUT2D eigenvalue weighted by molar-refractivity contribution is 0.586. The van der Waals surface area contributed by atoms with Gasteiger partial charge in [-0.2, -0.15) is 0 Å². The lowest BCUT2D eigenvalue weighted by Gasteiger charge is -2.10. The molecule has 0 amide bonds. The van der Waals surface area contributed by atoms with Gasteiger partial charge in [0.2, 0.25) is 10.0 Å². The summed E-state index contributed by atoms with van der Waals surface area (Å²) in [5.41, 5.74) is 1.60. The van der Waals surface area contributed by atoms with Gasteiger partial charge in [0, 0.05) is 23.2 Å². The zero-order chi connectivity index (χ0) is 14.0. The van der Waals surface area contributed by atoms with Crippen molar-refractivity contribution < 1.29 is 8.42 Å². The molecule has 1 aromatic carbocycles. The molecule has 0 saturated carbocycles. The summed E-state index contributed by atoms with van der Waals surface area (Å²) in [7, 11) is -3.63. The molecule has 0 saturated heterocycles. The van der Waals surface area contributed by atoms with Crippen LogP contribution in [-0.2, 0) is 10.0 Å². The summed E-state index contributed by atoms with van der Waals surface area (Å²) in [6, 6.07) is 6.75. The number of pyridine rings is 1. The molecule has 0 bridgehead atoms. The van der Waals surface area contributed by atoms with E-state index < -0.39 is 10.0 Å². The van der Waals surface area contributed by atoms with E-state index in [1.54, 1.807) is 30.5 Å². The molecule has 0 spiro atoms. The molecule has 6 heteroatoms. The van der Waals surface area contributed by atoms with Crippen molar-refractivity contribution in [3.8, 4) is 0 Å². The average Bonchev–Trinajstić information content (AvgIpc) is 2.37. The van der Waals surface area contributed by atoms with Crippen molar-refractivity contribution in [3.05, 3.63) is 47.6 Å². The highest BCUT2D eigenvalue weighted by Crippen LogP contribution is 2.24. The second-order valence-electron chi connectivity index (χ2n) is 4.12.